The molecule has 6 nitrogen and oxygen atoms in total. The number of thioether (sulfide) groups is 1. The fourth-order valence-corrected chi connectivity index (χ4v) is 7.78. The Balaban J connectivity index is 1.59. The van der Waals surface area contributed by atoms with Gasteiger partial charge in [-0.2, -0.15) is 4.99 Å². The normalized spacial score (nSPS) is 23.6. The number of carbonyl (C=O) groups is 1. The lowest BCUT2D eigenvalue weighted by Gasteiger charge is -2.25. The molecular weight excluding hydrogens is 491 g/mol. The summed E-state index contributed by atoms with van der Waals surface area (Å²) < 4.78 is 29.8. The van der Waals surface area contributed by atoms with Gasteiger partial charge in [0.05, 0.1) is 33.3 Å². The lowest BCUT2D eigenvalue weighted by Crippen LogP contribution is -2.38. The van der Waals surface area contributed by atoms with E-state index in [9.17, 15) is 13.2 Å². The van der Waals surface area contributed by atoms with Crippen LogP contribution in [0.2, 0.25) is 15.1 Å². The molecular formula is C19H15Cl3N2O4S2. The van der Waals surface area contributed by atoms with Crippen molar-refractivity contribution in [2.45, 2.75) is 11.3 Å². The van der Waals surface area contributed by atoms with Crippen molar-refractivity contribution >= 4 is 73.2 Å². The average Bonchev–Trinajstić information content (AvgIpc) is 3.14. The molecule has 0 spiro atoms. The summed E-state index contributed by atoms with van der Waals surface area (Å²) in [4.78, 5) is 18.3. The summed E-state index contributed by atoms with van der Waals surface area (Å²) in [5, 5.41) is 1.32. The average molecular weight is 506 g/mol. The summed E-state index contributed by atoms with van der Waals surface area (Å²) in [7, 11) is -3.19. The summed E-state index contributed by atoms with van der Waals surface area (Å²) in [6, 6.07) is 11.3. The highest BCUT2D eigenvalue weighted by Crippen LogP contribution is 2.44. The number of nitrogens with zero attached hydrogens (tertiary/aromatic N) is 2. The molecule has 2 saturated heterocycles. The van der Waals surface area contributed by atoms with Crippen molar-refractivity contribution in [3.63, 3.8) is 0 Å². The van der Waals surface area contributed by atoms with E-state index in [0.29, 0.717) is 26.6 Å². The molecule has 11 heteroatoms. The Morgan fingerprint density at radius 3 is 2.60 bits per heavy atom. The molecule has 2 heterocycles. The van der Waals surface area contributed by atoms with E-state index >= 15 is 0 Å². The molecule has 0 unspecified atom stereocenters. The van der Waals surface area contributed by atoms with E-state index in [1.807, 2.05) is 0 Å². The van der Waals surface area contributed by atoms with E-state index in [2.05, 4.69) is 4.99 Å². The topological polar surface area (TPSA) is 76.0 Å². The van der Waals surface area contributed by atoms with Crippen LogP contribution in [0.1, 0.15) is 0 Å². The van der Waals surface area contributed by atoms with E-state index in [1.165, 1.54) is 11.8 Å². The molecule has 0 aliphatic carbocycles. The minimum Gasteiger partial charge on any atom is -0.484 e. The van der Waals surface area contributed by atoms with Crippen molar-refractivity contribution in [3.05, 3.63) is 57.5 Å². The predicted octanol–water partition coefficient (Wildman–Crippen LogP) is 4.33. The van der Waals surface area contributed by atoms with Crippen LogP contribution in [-0.4, -0.2) is 48.9 Å². The summed E-state index contributed by atoms with van der Waals surface area (Å²) in [5.74, 6) is -0.0313. The van der Waals surface area contributed by atoms with Gasteiger partial charge >= 0.3 is 0 Å². The van der Waals surface area contributed by atoms with Gasteiger partial charge in [-0.3, -0.25) is 4.79 Å². The van der Waals surface area contributed by atoms with Gasteiger partial charge in [0, 0.05) is 10.3 Å². The number of aliphatic imine (C=N–C) groups is 1. The van der Waals surface area contributed by atoms with Crippen LogP contribution in [0.5, 0.6) is 5.75 Å². The molecule has 30 heavy (non-hydrogen) atoms. The standard InChI is InChI=1S/C19H15Cl3N2O4S2/c20-11-4-6-12(7-5-11)28-8-17(25)23-19-24(14-3-1-2-13(21)18(14)22)15-9-30(26,27)10-16(15)29-19/h1-7,15-16H,8-10H2/t15-,16+/m0/s1. The molecule has 2 aromatic carbocycles. The Morgan fingerprint density at radius 1 is 1.13 bits per heavy atom. The van der Waals surface area contributed by atoms with Gasteiger partial charge in [0.2, 0.25) is 0 Å². The molecule has 158 valence electrons. The molecule has 0 saturated carbocycles. The first-order chi connectivity index (χ1) is 14.2. The Hall–Kier alpha value is -1.45. The third kappa shape index (κ3) is 4.57. The number of sulfone groups is 1. The fourth-order valence-electron chi connectivity index (χ4n) is 3.34. The van der Waals surface area contributed by atoms with Gasteiger partial charge in [-0.15, -0.1) is 0 Å². The first-order valence-electron chi connectivity index (χ1n) is 8.84. The number of amides is 1. The van der Waals surface area contributed by atoms with Crippen molar-refractivity contribution in [1.82, 2.24) is 0 Å². The second-order valence-electron chi connectivity index (χ2n) is 6.77. The summed E-state index contributed by atoms with van der Waals surface area (Å²) in [6.07, 6.45) is 0. The molecule has 0 N–H and O–H groups in total. The van der Waals surface area contributed by atoms with Crippen LogP contribution in [0.3, 0.4) is 0 Å². The lowest BCUT2D eigenvalue weighted by molar-refractivity contribution is -0.119. The van der Waals surface area contributed by atoms with E-state index in [-0.39, 0.29) is 34.4 Å². The van der Waals surface area contributed by atoms with Gasteiger partial charge in [-0.05, 0) is 36.4 Å². The number of amidine groups is 1. The van der Waals surface area contributed by atoms with Crippen molar-refractivity contribution in [2.75, 3.05) is 23.0 Å². The zero-order valence-corrected chi connectivity index (χ0v) is 19.2. The molecule has 4 rings (SSSR count). The van der Waals surface area contributed by atoms with Gasteiger partial charge in [0.1, 0.15) is 5.75 Å². The highest BCUT2D eigenvalue weighted by molar-refractivity contribution is 8.16. The van der Waals surface area contributed by atoms with Gasteiger partial charge in [0.15, 0.2) is 21.6 Å². The van der Waals surface area contributed by atoms with Crippen molar-refractivity contribution in [2.24, 2.45) is 4.99 Å². The van der Waals surface area contributed by atoms with Crippen molar-refractivity contribution in [1.29, 1.82) is 0 Å². The Labute approximate surface area is 193 Å². The molecule has 0 bridgehead atoms. The van der Waals surface area contributed by atoms with Crippen LogP contribution in [0.4, 0.5) is 5.69 Å². The quantitative estimate of drug-likeness (QED) is 0.616. The number of hydrogen-bond donors (Lipinski definition) is 0. The fraction of sp³-hybridized carbons (Fsp3) is 0.263. The minimum atomic E-state index is -3.19. The minimum absolute atomic E-state index is 0.0193. The number of rotatable bonds is 4. The van der Waals surface area contributed by atoms with Crippen LogP contribution in [0.25, 0.3) is 0 Å². The van der Waals surface area contributed by atoms with Gasteiger partial charge in [-0.1, -0.05) is 52.6 Å². The van der Waals surface area contributed by atoms with Crippen LogP contribution in [-0.2, 0) is 14.6 Å². The van der Waals surface area contributed by atoms with Crippen LogP contribution < -0.4 is 9.64 Å². The third-order valence-electron chi connectivity index (χ3n) is 4.65. The van der Waals surface area contributed by atoms with Gasteiger partial charge in [0.25, 0.3) is 5.91 Å². The summed E-state index contributed by atoms with van der Waals surface area (Å²) in [5.41, 5.74) is 0.520. The maximum Gasteiger partial charge on any atom is 0.285 e. The van der Waals surface area contributed by atoms with Gasteiger partial charge in [-0.25, -0.2) is 8.42 Å². The highest BCUT2D eigenvalue weighted by Gasteiger charge is 2.49. The third-order valence-corrected chi connectivity index (χ3v) is 8.92. The Kier molecular flexibility index (Phi) is 6.23. The predicted molar refractivity (Wildman–Crippen MR) is 122 cm³/mol. The number of fused-ring (bicyclic) bond motifs is 1. The number of ether oxygens (including phenoxy) is 1. The maximum atomic E-state index is 12.5. The molecule has 2 aliphatic heterocycles. The van der Waals surface area contributed by atoms with E-state index in [0.717, 1.165) is 0 Å². The molecule has 2 aromatic rings. The van der Waals surface area contributed by atoms with Crippen molar-refractivity contribution < 1.29 is 17.9 Å². The first kappa shape index (κ1) is 21.8. The Bertz CT molecular complexity index is 1120. The largest absolute Gasteiger partial charge is 0.484 e. The lowest BCUT2D eigenvalue weighted by atomic mass is 10.2. The zero-order valence-electron chi connectivity index (χ0n) is 15.3. The monoisotopic (exact) mass is 504 g/mol. The molecule has 2 aliphatic rings. The number of carbonyl (C=O) groups excluding carboxylic acids is 1. The van der Waals surface area contributed by atoms with E-state index in [1.54, 1.807) is 47.4 Å². The van der Waals surface area contributed by atoms with Crippen LogP contribution >= 0.6 is 46.6 Å². The first-order valence-corrected chi connectivity index (χ1v) is 12.7. The highest BCUT2D eigenvalue weighted by atomic mass is 35.5. The molecule has 0 aromatic heterocycles. The van der Waals surface area contributed by atoms with Crippen LogP contribution in [0, 0.1) is 0 Å². The Morgan fingerprint density at radius 2 is 1.87 bits per heavy atom. The van der Waals surface area contributed by atoms with E-state index < -0.39 is 15.7 Å². The number of anilines is 1. The zero-order chi connectivity index (χ0) is 21.5. The number of hydrogen-bond acceptors (Lipinski definition) is 5. The van der Waals surface area contributed by atoms with Crippen LogP contribution in [0.15, 0.2) is 47.5 Å². The van der Waals surface area contributed by atoms with Gasteiger partial charge < -0.3 is 9.64 Å². The number of halogens is 3. The number of benzene rings is 2. The molecule has 2 atom stereocenters. The molecule has 2 fully saturated rings. The smallest absolute Gasteiger partial charge is 0.285 e. The van der Waals surface area contributed by atoms with E-state index in [4.69, 9.17) is 39.5 Å². The molecule has 1 amide bonds. The second-order valence-corrected chi connectivity index (χ2v) is 11.4. The molecule has 0 radical (unpaired) electrons. The summed E-state index contributed by atoms with van der Waals surface area (Å²) >= 11 is 19.6. The maximum absolute atomic E-state index is 12.5. The second kappa shape index (κ2) is 8.59. The van der Waals surface area contributed by atoms with Crippen molar-refractivity contribution in [3.8, 4) is 5.75 Å². The SMILES string of the molecule is O=C(COc1ccc(Cl)cc1)N=C1S[C@@H]2CS(=O)(=O)C[C@@H]2N1c1cccc(Cl)c1Cl. The summed E-state index contributed by atoms with van der Waals surface area (Å²) in [6.45, 7) is -0.267.